The molecule has 0 bridgehead atoms. The van der Waals surface area contributed by atoms with Crippen LogP contribution in [0, 0.1) is 0 Å². The number of benzene rings is 2. The maximum atomic E-state index is 11.7. The van der Waals surface area contributed by atoms with Crippen LogP contribution in [0.15, 0.2) is 30.3 Å². The first-order valence-corrected chi connectivity index (χ1v) is 8.81. The number of fused-ring (bicyclic) bond motifs is 4. The van der Waals surface area contributed by atoms with Gasteiger partial charge in [-0.2, -0.15) is 0 Å². The lowest BCUT2D eigenvalue weighted by Crippen LogP contribution is -2.43. The van der Waals surface area contributed by atoms with E-state index in [1.807, 2.05) is 30.5 Å². The lowest BCUT2D eigenvalue weighted by molar-refractivity contribution is 0.104. The molecule has 3 heterocycles. The summed E-state index contributed by atoms with van der Waals surface area (Å²) in [4.78, 5) is 13.9. The van der Waals surface area contributed by atoms with Crippen molar-refractivity contribution in [3.05, 3.63) is 51.2 Å². The molecule has 6 nitrogen and oxygen atoms in total. The molecule has 3 aliphatic heterocycles. The van der Waals surface area contributed by atoms with Crippen LogP contribution in [0.4, 0.5) is 4.79 Å². The fourth-order valence-electron chi connectivity index (χ4n) is 3.54. The normalized spacial score (nSPS) is 15.4. The predicted octanol–water partition coefficient (Wildman–Crippen LogP) is 0.387. The minimum atomic E-state index is -0.697. The van der Waals surface area contributed by atoms with Crippen molar-refractivity contribution in [3.8, 4) is 17.2 Å². The second-order valence-corrected chi connectivity index (χ2v) is 6.35. The van der Waals surface area contributed by atoms with Gasteiger partial charge in [0.15, 0.2) is 11.5 Å². The van der Waals surface area contributed by atoms with E-state index in [2.05, 4.69) is 17.1 Å². The molecule has 0 saturated carbocycles. The van der Waals surface area contributed by atoms with Crippen LogP contribution in [0.1, 0.15) is 6.92 Å². The second-order valence-electron chi connectivity index (χ2n) is 6.35. The number of hydrogen-bond donors (Lipinski definition) is 0. The van der Waals surface area contributed by atoms with Crippen molar-refractivity contribution in [1.82, 2.24) is 4.90 Å². The fraction of sp³-hybridized carbons (Fsp3) is 0.190. The first kappa shape index (κ1) is 15.8. The topological polar surface area (TPSA) is 57.2 Å². The summed E-state index contributed by atoms with van der Waals surface area (Å²) >= 11 is 0. The summed E-state index contributed by atoms with van der Waals surface area (Å²) in [5, 5.41) is 4.04. The summed E-state index contributed by atoms with van der Waals surface area (Å²) in [5.74, 6) is 2.03. The van der Waals surface area contributed by atoms with Crippen LogP contribution in [0.3, 0.4) is 0 Å². The highest BCUT2D eigenvalue weighted by atomic mass is 16.7. The number of ether oxygens (including phenoxy) is 4. The predicted molar refractivity (Wildman–Crippen MR) is 98.7 cm³/mol. The molecule has 2 aromatic carbocycles. The van der Waals surface area contributed by atoms with Crippen molar-refractivity contribution in [2.75, 3.05) is 19.9 Å². The van der Waals surface area contributed by atoms with Gasteiger partial charge < -0.3 is 23.8 Å². The van der Waals surface area contributed by atoms with E-state index in [4.69, 9.17) is 18.9 Å². The minimum absolute atomic E-state index is 0.254. The quantitative estimate of drug-likeness (QED) is 0.568. The zero-order valence-corrected chi connectivity index (χ0v) is 14.7. The summed E-state index contributed by atoms with van der Waals surface area (Å²) in [6.07, 6.45) is 5.55. The molecule has 0 spiro atoms. The fourth-order valence-corrected chi connectivity index (χ4v) is 3.54. The molecule has 0 aromatic heterocycles. The van der Waals surface area contributed by atoms with Crippen LogP contribution in [0.5, 0.6) is 17.2 Å². The Morgan fingerprint density at radius 2 is 2.04 bits per heavy atom. The molecule has 3 aliphatic rings. The summed E-state index contributed by atoms with van der Waals surface area (Å²) in [6.45, 7) is 2.99. The zero-order chi connectivity index (χ0) is 18.4. The highest BCUT2D eigenvalue weighted by molar-refractivity contribution is 5.82. The highest BCUT2D eigenvalue weighted by Crippen LogP contribution is 2.29. The molecule has 0 fully saturated rings. The Hall–Kier alpha value is -3.41. The molecule has 0 amide bonds. The molecular formula is C21H17NO5. The smallest absolute Gasteiger partial charge is 0.454 e. The Bertz CT molecular complexity index is 1200. The maximum absolute atomic E-state index is 11.7. The van der Waals surface area contributed by atoms with E-state index in [-0.39, 0.29) is 13.4 Å². The molecule has 5 rings (SSSR count). The van der Waals surface area contributed by atoms with Gasteiger partial charge in [0, 0.05) is 28.9 Å². The van der Waals surface area contributed by atoms with Crippen LogP contribution in [-0.4, -0.2) is 31.0 Å². The van der Waals surface area contributed by atoms with Crippen LogP contribution < -0.4 is 35.1 Å². The Balaban J connectivity index is 1.68. The lowest BCUT2D eigenvalue weighted by Gasteiger charge is -2.26. The van der Waals surface area contributed by atoms with Gasteiger partial charge in [0.2, 0.25) is 6.79 Å². The van der Waals surface area contributed by atoms with E-state index in [1.54, 1.807) is 13.0 Å². The van der Waals surface area contributed by atoms with Crippen molar-refractivity contribution in [2.24, 2.45) is 0 Å². The van der Waals surface area contributed by atoms with Crippen molar-refractivity contribution < 1.29 is 23.7 Å². The van der Waals surface area contributed by atoms with Crippen molar-refractivity contribution in [1.29, 1.82) is 0 Å². The third-order valence-electron chi connectivity index (χ3n) is 4.77. The van der Waals surface area contributed by atoms with E-state index in [9.17, 15) is 4.79 Å². The summed E-state index contributed by atoms with van der Waals surface area (Å²) in [5.41, 5.74) is 1.08. The third-order valence-corrected chi connectivity index (χ3v) is 4.77. The third kappa shape index (κ3) is 2.61. The van der Waals surface area contributed by atoms with Crippen molar-refractivity contribution in [3.63, 3.8) is 0 Å². The SMILES string of the molecule is CCOC(=O)Oc1cccc2c1=CN1CC=c3cc4c(cc3=C1C=2)OCO4. The Labute approximate surface area is 154 Å². The summed E-state index contributed by atoms with van der Waals surface area (Å²) < 4.78 is 21.3. The number of rotatable bonds is 2. The monoisotopic (exact) mass is 363 g/mol. The maximum Gasteiger partial charge on any atom is 0.513 e. The molecule has 2 aromatic rings. The standard InChI is InChI=1S/C21H17NO5/c1-2-24-21(23)27-18-5-3-4-13-8-17-15-10-20-19(25-12-26-20)9-14(15)6-7-22(17)11-16(13)18/h3-6,8-11H,2,7,12H2,1H3. The van der Waals surface area contributed by atoms with Gasteiger partial charge in [-0.15, -0.1) is 0 Å². The molecular weight excluding hydrogens is 346 g/mol. The average molecular weight is 363 g/mol. The van der Waals surface area contributed by atoms with Gasteiger partial charge in [-0.1, -0.05) is 18.2 Å². The summed E-state index contributed by atoms with van der Waals surface area (Å²) in [7, 11) is 0. The van der Waals surface area contributed by atoms with Crippen molar-refractivity contribution >= 4 is 30.2 Å². The van der Waals surface area contributed by atoms with Gasteiger partial charge >= 0.3 is 6.16 Å². The highest BCUT2D eigenvalue weighted by Gasteiger charge is 2.19. The van der Waals surface area contributed by atoms with E-state index < -0.39 is 6.16 Å². The van der Waals surface area contributed by atoms with Gasteiger partial charge in [0.25, 0.3) is 0 Å². The van der Waals surface area contributed by atoms with Crippen LogP contribution in [0.2, 0.25) is 0 Å². The first-order valence-electron chi connectivity index (χ1n) is 8.81. The Morgan fingerprint density at radius 3 is 2.89 bits per heavy atom. The molecule has 0 aliphatic carbocycles. The number of nitrogens with zero attached hydrogens (tertiary/aromatic N) is 1. The summed E-state index contributed by atoms with van der Waals surface area (Å²) in [6, 6.07) is 9.67. The Kier molecular flexibility index (Phi) is 3.57. The largest absolute Gasteiger partial charge is 0.513 e. The molecule has 0 atom stereocenters. The number of hydrogen-bond acceptors (Lipinski definition) is 6. The van der Waals surface area contributed by atoms with Crippen molar-refractivity contribution in [2.45, 2.75) is 6.92 Å². The van der Waals surface area contributed by atoms with E-state index >= 15 is 0 Å². The van der Waals surface area contributed by atoms with Gasteiger partial charge in [0.05, 0.1) is 6.61 Å². The van der Waals surface area contributed by atoms with Crippen LogP contribution in [-0.2, 0) is 4.74 Å². The van der Waals surface area contributed by atoms with E-state index in [1.165, 1.54) is 0 Å². The van der Waals surface area contributed by atoms with Crippen LogP contribution in [0.25, 0.3) is 24.0 Å². The van der Waals surface area contributed by atoms with Crippen LogP contribution >= 0.6 is 0 Å². The average Bonchev–Trinajstić information content (AvgIpc) is 3.13. The molecule has 136 valence electrons. The Morgan fingerprint density at radius 1 is 1.19 bits per heavy atom. The number of carbonyl (C=O) groups is 1. The lowest BCUT2D eigenvalue weighted by atomic mass is 10.0. The van der Waals surface area contributed by atoms with Gasteiger partial charge in [0.1, 0.15) is 5.75 Å². The second kappa shape index (κ2) is 6.09. The number of carbonyl (C=O) groups excluding carboxylic acids is 1. The molecule has 0 saturated heterocycles. The molecule has 27 heavy (non-hydrogen) atoms. The van der Waals surface area contributed by atoms with Gasteiger partial charge in [-0.25, -0.2) is 4.79 Å². The van der Waals surface area contributed by atoms with E-state index in [0.717, 1.165) is 38.1 Å². The van der Waals surface area contributed by atoms with E-state index in [0.29, 0.717) is 12.3 Å². The van der Waals surface area contributed by atoms with Gasteiger partial charge in [-0.3, -0.25) is 0 Å². The zero-order valence-electron chi connectivity index (χ0n) is 14.7. The van der Waals surface area contributed by atoms with Gasteiger partial charge in [-0.05, 0) is 41.6 Å². The first-order chi connectivity index (χ1) is 13.2. The molecule has 0 unspecified atom stereocenters. The minimum Gasteiger partial charge on any atom is -0.454 e. The molecule has 6 heteroatoms. The molecule has 0 N–H and O–H groups in total. The molecule has 0 radical (unpaired) electrons.